The van der Waals surface area contributed by atoms with Gasteiger partial charge in [0.15, 0.2) is 0 Å². The van der Waals surface area contributed by atoms with Crippen molar-refractivity contribution in [2.24, 2.45) is 0 Å². The van der Waals surface area contributed by atoms with Crippen LogP contribution < -0.4 is 5.32 Å². The SMILES string of the molecule is CCCC[C@H](NC(=O)Cc1cccc(F)c1)C(=O)O. The predicted molar refractivity (Wildman–Crippen MR) is 69.2 cm³/mol. The number of hydrogen-bond acceptors (Lipinski definition) is 2. The molecule has 4 nitrogen and oxygen atoms in total. The highest BCUT2D eigenvalue weighted by Gasteiger charge is 2.19. The fourth-order valence-corrected chi connectivity index (χ4v) is 1.74. The van der Waals surface area contributed by atoms with Gasteiger partial charge in [0.05, 0.1) is 6.42 Å². The van der Waals surface area contributed by atoms with Crippen molar-refractivity contribution in [3.8, 4) is 0 Å². The summed E-state index contributed by atoms with van der Waals surface area (Å²) in [6, 6.07) is 4.83. The topological polar surface area (TPSA) is 66.4 Å². The maximum atomic E-state index is 12.9. The quantitative estimate of drug-likeness (QED) is 0.795. The zero-order valence-corrected chi connectivity index (χ0v) is 10.9. The average molecular weight is 267 g/mol. The minimum Gasteiger partial charge on any atom is -0.480 e. The minimum absolute atomic E-state index is 0.0202. The lowest BCUT2D eigenvalue weighted by Crippen LogP contribution is -2.41. The summed E-state index contributed by atoms with van der Waals surface area (Å²) in [6.07, 6.45) is 1.98. The third-order valence-electron chi connectivity index (χ3n) is 2.73. The monoisotopic (exact) mass is 267 g/mol. The van der Waals surface area contributed by atoms with Crippen LogP contribution in [0.15, 0.2) is 24.3 Å². The molecule has 0 unspecified atom stereocenters. The molecule has 0 aliphatic heterocycles. The molecule has 19 heavy (non-hydrogen) atoms. The van der Waals surface area contributed by atoms with Gasteiger partial charge in [0.1, 0.15) is 11.9 Å². The molecule has 0 aliphatic carbocycles. The molecule has 2 N–H and O–H groups in total. The van der Waals surface area contributed by atoms with Crippen LogP contribution >= 0.6 is 0 Å². The number of nitrogens with one attached hydrogen (secondary N) is 1. The third kappa shape index (κ3) is 5.50. The van der Waals surface area contributed by atoms with Crippen LogP contribution in [0.1, 0.15) is 31.7 Å². The molecule has 0 heterocycles. The molecule has 0 aliphatic rings. The molecule has 0 saturated carbocycles. The van der Waals surface area contributed by atoms with Crippen molar-refractivity contribution in [3.63, 3.8) is 0 Å². The number of halogens is 1. The number of hydrogen-bond donors (Lipinski definition) is 2. The van der Waals surface area contributed by atoms with E-state index in [1.807, 2.05) is 6.92 Å². The molecular weight excluding hydrogens is 249 g/mol. The Hall–Kier alpha value is -1.91. The molecule has 1 rings (SSSR count). The number of carboxylic acids is 1. The maximum Gasteiger partial charge on any atom is 0.326 e. The van der Waals surface area contributed by atoms with Crippen LogP contribution in [-0.4, -0.2) is 23.0 Å². The van der Waals surface area contributed by atoms with Crippen LogP contribution in [0.4, 0.5) is 4.39 Å². The normalized spacial score (nSPS) is 11.9. The van der Waals surface area contributed by atoms with Gasteiger partial charge in [0, 0.05) is 0 Å². The van der Waals surface area contributed by atoms with Crippen LogP contribution in [0.25, 0.3) is 0 Å². The van der Waals surface area contributed by atoms with Gasteiger partial charge in [0.25, 0.3) is 0 Å². The average Bonchev–Trinajstić information content (AvgIpc) is 2.34. The van der Waals surface area contributed by atoms with Crippen molar-refractivity contribution in [3.05, 3.63) is 35.6 Å². The van der Waals surface area contributed by atoms with E-state index in [9.17, 15) is 14.0 Å². The van der Waals surface area contributed by atoms with Gasteiger partial charge in [-0.3, -0.25) is 4.79 Å². The highest BCUT2D eigenvalue weighted by Crippen LogP contribution is 2.06. The highest BCUT2D eigenvalue weighted by atomic mass is 19.1. The van der Waals surface area contributed by atoms with Gasteiger partial charge in [-0.1, -0.05) is 31.9 Å². The molecule has 0 fully saturated rings. The summed E-state index contributed by atoms with van der Waals surface area (Å²) in [4.78, 5) is 22.7. The predicted octanol–water partition coefficient (Wildman–Crippen LogP) is 2.13. The van der Waals surface area contributed by atoms with Crippen molar-refractivity contribution in [2.45, 2.75) is 38.6 Å². The van der Waals surface area contributed by atoms with Crippen molar-refractivity contribution >= 4 is 11.9 Å². The summed E-state index contributed by atoms with van der Waals surface area (Å²) in [5, 5.41) is 11.4. The fourth-order valence-electron chi connectivity index (χ4n) is 1.74. The van der Waals surface area contributed by atoms with Gasteiger partial charge < -0.3 is 10.4 Å². The van der Waals surface area contributed by atoms with Crippen molar-refractivity contribution < 1.29 is 19.1 Å². The molecule has 1 aromatic rings. The van der Waals surface area contributed by atoms with Crippen LogP contribution in [0.5, 0.6) is 0 Å². The first-order chi connectivity index (χ1) is 9.02. The molecule has 104 valence electrons. The number of aliphatic carboxylic acids is 1. The van der Waals surface area contributed by atoms with Gasteiger partial charge in [-0.25, -0.2) is 9.18 Å². The Bertz CT molecular complexity index is 448. The van der Waals surface area contributed by atoms with E-state index in [0.717, 1.165) is 12.8 Å². The van der Waals surface area contributed by atoms with Crippen LogP contribution in [0.2, 0.25) is 0 Å². The Labute approximate surface area is 111 Å². The molecule has 5 heteroatoms. The van der Waals surface area contributed by atoms with Crippen molar-refractivity contribution in [1.29, 1.82) is 0 Å². The van der Waals surface area contributed by atoms with Crippen molar-refractivity contribution in [1.82, 2.24) is 5.32 Å². The number of carbonyl (C=O) groups excluding carboxylic acids is 1. The summed E-state index contributed by atoms with van der Waals surface area (Å²) in [7, 11) is 0. The van der Waals surface area contributed by atoms with Crippen molar-refractivity contribution in [2.75, 3.05) is 0 Å². The number of benzene rings is 1. The summed E-state index contributed by atoms with van der Waals surface area (Å²) in [6.45, 7) is 1.95. The molecule has 1 aromatic carbocycles. The number of unbranched alkanes of at least 4 members (excludes halogenated alkanes) is 1. The zero-order valence-electron chi connectivity index (χ0n) is 10.9. The fraction of sp³-hybridized carbons (Fsp3) is 0.429. The molecular formula is C14H18FNO3. The van der Waals surface area contributed by atoms with Gasteiger partial charge in [0.2, 0.25) is 5.91 Å². The second kappa shape index (κ2) is 7.51. The Morgan fingerprint density at radius 2 is 2.16 bits per heavy atom. The maximum absolute atomic E-state index is 12.9. The van der Waals surface area contributed by atoms with Gasteiger partial charge in [-0.05, 0) is 24.1 Å². The van der Waals surface area contributed by atoms with Gasteiger partial charge in [-0.2, -0.15) is 0 Å². The molecule has 0 saturated heterocycles. The first kappa shape index (κ1) is 15.1. The lowest BCUT2D eigenvalue weighted by atomic mass is 10.1. The van der Waals surface area contributed by atoms with Gasteiger partial charge in [-0.15, -0.1) is 0 Å². The lowest BCUT2D eigenvalue weighted by molar-refractivity contribution is -0.142. The van der Waals surface area contributed by atoms with E-state index in [0.29, 0.717) is 12.0 Å². The Balaban J connectivity index is 2.55. The van der Waals surface area contributed by atoms with Crippen LogP contribution in [0.3, 0.4) is 0 Å². The summed E-state index contributed by atoms with van der Waals surface area (Å²) >= 11 is 0. The summed E-state index contributed by atoms with van der Waals surface area (Å²) in [5.74, 6) is -1.86. The molecule has 0 spiro atoms. The van der Waals surface area contributed by atoms with E-state index in [2.05, 4.69) is 5.32 Å². The zero-order chi connectivity index (χ0) is 14.3. The smallest absolute Gasteiger partial charge is 0.326 e. The molecule has 1 atom stereocenters. The number of amides is 1. The molecule has 0 radical (unpaired) electrons. The Morgan fingerprint density at radius 1 is 1.42 bits per heavy atom. The van der Waals surface area contributed by atoms with E-state index in [-0.39, 0.29) is 6.42 Å². The third-order valence-corrected chi connectivity index (χ3v) is 2.73. The Morgan fingerprint density at radius 3 is 2.74 bits per heavy atom. The highest BCUT2D eigenvalue weighted by molar-refractivity contribution is 5.84. The summed E-state index contributed by atoms with van der Waals surface area (Å²) < 4.78 is 12.9. The summed E-state index contributed by atoms with van der Waals surface area (Å²) in [5.41, 5.74) is 0.525. The van der Waals surface area contributed by atoms with E-state index < -0.39 is 23.7 Å². The number of carboxylic acid groups (broad SMARTS) is 1. The number of carbonyl (C=O) groups is 2. The lowest BCUT2D eigenvalue weighted by Gasteiger charge is -2.14. The van der Waals surface area contributed by atoms with E-state index in [1.54, 1.807) is 6.07 Å². The second-order valence-corrected chi connectivity index (χ2v) is 4.41. The molecule has 0 bridgehead atoms. The number of rotatable bonds is 7. The van der Waals surface area contributed by atoms with Crippen LogP contribution in [0, 0.1) is 5.82 Å². The first-order valence-corrected chi connectivity index (χ1v) is 6.29. The molecule has 0 aromatic heterocycles. The van der Waals surface area contributed by atoms with E-state index >= 15 is 0 Å². The van der Waals surface area contributed by atoms with Gasteiger partial charge >= 0.3 is 5.97 Å². The first-order valence-electron chi connectivity index (χ1n) is 6.29. The minimum atomic E-state index is -1.04. The largest absolute Gasteiger partial charge is 0.480 e. The standard InChI is InChI=1S/C14H18FNO3/c1-2-3-7-12(14(18)19)16-13(17)9-10-5-4-6-11(15)8-10/h4-6,8,12H,2-3,7,9H2,1H3,(H,16,17)(H,18,19)/t12-/m0/s1. The Kier molecular flexibility index (Phi) is 5.99. The second-order valence-electron chi connectivity index (χ2n) is 4.41. The van der Waals surface area contributed by atoms with E-state index in [1.165, 1.54) is 18.2 Å². The van der Waals surface area contributed by atoms with Crippen LogP contribution in [-0.2, 0) is 16.0 Å². The van der Waals surface area contributed by atoms with E-state index in [4.69, 9.17) is 5.11 Å². The molecule has 1 amide bonds.